The standard InChI is InChI=1S/C28H45N3O6/c1-6-8-18-36-25(33)19-23(7-2)29-26(34)22-10-9-15-31(20-22)24(32)12-11-21-13-16-30(17-14-21)27(35)37-28(3,4)5/h2,21-23H,6,8-20H2,1,3-5H3,(H,29,34)/t22-,23?/m1/s1. The quantitative estimate of drug-likeness (QED) is 0.269. The maximum absolute atomic E-state index is 12.9. The van der Waals surface area contributed by atoms with E-state index in [-0.39, 0.29) is 30.2 Å². The van der Waals surface area contributed by atoms with Crippen LogP contribution in [0.1, 0.15) is 85.5 Å². The van der Waals surface area contributed by atoms with Crippen LogP contribution in [0.2, 0.25) is 0 Å². The van der Waals surface area contributed by atoms with E-state index in [1.165, 1.54) is 0 Å². The van der Waals surface area contributed by atoms with Gasteiger partial charge in [0, 0.05) is 32.6 Å². The number of likely N-dealkylation sites (tertiary alicyclic amines) is 2. The predicted molar refractivity (Wildman–Crippen MR) is 140 cm³/mol. The van der Waals surface area contributed by atoms with Crippen molar-refractivity contribution in [3.8, 4) is 12.3 Å². The van der Waals surface area contributed by atoms with E-state index in [4.69, 9.17) is 15.9 Å². The molecule has 0 bridgehead atoms. The van der Waals surface area contributed by atoms with Crippen LogP contribution >= 0.6 is 0 Å². The zero-order chi connectivity index (χ0) is 27.4. The van der Waals surface area contributed by atoms with Gasteiger partial charge in [-0.05, 0) is 65.2 Å². The van der Waals surface area contributed by atoms with E-state index in [2.05, 4.69) is 11.2 Å². The Balaban J connectivity index is 1.73. The van der Waals surface area contributed by atoms with Crippen LogP contribution in [0.3, 0.4) is 0 Å². The molecule has 2 heterocycles. The second-order valence-corrected chi connectivity index (χ2v) is 11.1. The van der Waals surface area contributed by atoms with E-state index in [0.29, 0.717) is 51.5 Å². The van der Waals surface area contributed by atoms with Gasteiger partial charge in [-0.1, -0.05) is 19.3 Å². The number of nitrogens with one attached hydrogen (secondary N) is 1. The smallest absolute Gasteiger partial charge is 0.410 e. The van der Waals surface area contributed by atoms with Gasteiger partial charge in [0.05, 0.1) is 18.9 Å². The summed E-state index contributed by atoms with van der Waals surface area (Å²) in [6, 6.07) is -0.723. The fourth-order valence-corrected chi connectivity index (χ4v) is 4.63. The minimum Gasteiger partial charge on any atom is -0.466 e. The molecule has 2 saturated heterocycles. The van der Waals surface area contributed by atoms with Crippen LogP contribution in [0.25, 0.3) is 0 Å². The average Bonchev–Trinajstić information content (AvgIpc) is 2.86. The second-order valence-electron chi connectivity index (χ2n) is 11.1. The highest BCUT2D eigenvalue weighted by Crippen LogP contribution is 2.25. The zero-order valence-electron chi connectivity index (χ0n) is 23.1. The number of hydrogen-bond donors (Lipinski definition) is 1. The van der Waals surface area contributed by atoms with E-state index in [1.807, 2.05) is 27.7 Å². The van der Waals surface area contributed by atoms with Crippen molar-refractivity contribution >= 4 is 23.9 Å². The van der Waals surface area contributed by atoms with E-state index in [0.717, 1.165) is 38.5 Å². The van der Waals surface area contributed by atoms with Gasteiger partial charge in [-0.15, -0.1) is 6.42 Å². The van der Waals surface area contributed by atoms with Gasteiger partial charge in [-0.3, -0.25) is 14.4 Å². The molecule has 2 aliphatic rings. The van der Waals surface area contributed by atoms with E-state index >= 15 is 0 Å². The lowest BCUT2D eigenvalue weighted by Crippen LogP contribution is -2.47. The SMILES string of the molecule is C#CC(CC(=O)OCCCC)NC(=O)[C@@H]1CCCN(C(=O)CCC2CCN(C(=O)OC(C)(C)C)CC2)C1. The third kappa shape index (κ3) is 11.0. The first-order valence-corrected chi connectivity index (χ1v) is 13.7. The number of rotatable bonds is 10. The summed E-state index contributed by atoms with van der Waals surface area (Å²) in [4.78, 5) is 53.4. The molecule has 0 spiro atoms. The molecule has 9 heteroatoms. The van der Waals surface area contributed by atoms with Crippen molar-refractivity contribution in [1.82, 2.24) is 15.1 Å². The summed E-state index contributed by atoms with van der Waals surface area (Å²) in [6.45, 7) is 10.2. The fraction of sp³-hybridized carbons (Fsp3) is 0.786. The third-order valence-electron chi connectivity index (χ3n) is 6.83. The lowest BCUT2D eigenvalue weighted by molar-refractivity contribution is -0.144. The van der Waals surface area contributed by atoms with Gasteiger partial charge in [0.2, 0.25) is 11.8 Å². The van der Waals surface area contributed by atoms with Gasteiger partial charge in [-0.25, -0.2) is 4.79 Å². The van der Waals surface area contributed by atoms with Gasteiger partial charge >= 0.3 is 12.1 Å². The molecule has 3 amide bonds. The highest BCUT2D eigenvalue weighted by atomic mass is 16.6. The zero-order valence-corrected chi connectivity index (χ0v) is 23.1. The predicted octanol–water partition coefficient (Wildman–Crippen LogP) is 3.50. The van der Waals surface area contributed by atoms with Crippen LogP contribution < -0.4 is 5.32 Å². The molecule has 37 heavy (non-hydrogen) atoms. The summed E-state index contributed by atoms with van der Waals surface area (Å²) in [5.74, 6) is 1.91. The van der Waals surface area contributed by atoms with E-state index < -0.39 is 17.6 Å². The van der Waals surface area contributed by atoms with E-state index in [1.54, 1.807) is 9.80 Å². The largest absolute Gasteiger partial charge is 0.466 e. The molecule has 0 radical (unpaired) electrons. The molecule has 0 aromatic carbocycles. The Labute approximate surface area is 222 Å². The van der Waals surface area contributed by atoms with Crippen molar-refractivity contribution in [2.24, 2.45) is 11.8 Å². The summed E-state index contributed by atoms with van der Waals surface area (Å²) >= 11 is 0. The second kappa shape index (κ2) is 14.8. The normalized spacial score (nSPS) is 19.5. The van der Waals surface area contributed by atoms with Gasteiger partial charge < -0.3 is 24.6 Å². The Morgan fingerprint density at radius 1 is 1.08 bits per heavy atom. The number of terminal acetylenes is 1. The van der Waals surface area contributed by atoms with Crippen LogP contribution in [-0.2, 0) is 23.9 Å². The van der Waals surface area contributed by atoms with Crippen LogP contribution in [0.15, 0.2) is 0 Å². The Kier molecular flexibility index (Phi) is 12.2. The summed E-state index contributed by atoms with van der Waals surface area (Å²) in [5, 5.41) is 2.77. The first-order chi connectivity index (χ1) is 17.5. The molecule has 1 unspecified atom stereocenters. The maximum atomic E-state index is 12.9. The molecule has 2 rings (SSSR count). The number of ether oxygens (including phenoxy) is 2. The Morgan fingerprint density at radius 2 is 1.78 bits per heavy atom. The lowest BCUT2D eigenvalue weighted by Gasteiger charge is -2.34. The Morgan fingerprint density at radius 3 is 2.41 bits per heavy atom. The minimum atomic E-state index is -0.723. The van der Waals surface area contributed by atoms with Gasteiger partial charge in [-0.2, -0.15) is 0 Å². The first kappa shape index (κ1) is 30.5. The number of carbonyl (C=O) groups is 4. The summed E-state index contributed by atoms with van der Waals surface area (Å²) < 4.78 is 10.6. The van der Waals surface area contributed by atoms with Crippen molar-refractivity contribution in [1.29, 1.82) is 0 Å². The van der Waals surface area contributed by atoms with Crippen molar-refractivity contribution in [3.05, 3.63) is 0 Å². The van der Waals surface area contributed by atoms with E-state index in [9.17, 15) is 19.2 Å². The van der Waals surface area contributed by atoms with Crippen LogP contribution in [0.4, 0.5) is 4.79 Å². The highest BCUT2D eigenvalue weighted by molar-refractivity contribution is 5.82. The molecule has 0 aromatic heterocycles. The monoisotopic (exact) mass is 519 g/mol. The van der Waals surface area contributed by atoms with Crippen molar-refractivity contribution in [3.63, 3.8) is 0 Å². The number of nitrogens with zero attached hydrogens (tertiary/aromatic N) is 2. The van der Waals surface area contributed by atoms with Gasteiger partial charge in [0.15, 0.2) is 0 Å². The molecular weight excluding hydrogens is 474 g/mol. The summed E-state index contributed by atoms with van der Waals surface area (Å²) in [5.41, 5.74) is -0.509. The number of hydrogen-bond acceptors (Lipinski definition) is 6. The number of unbranched alkanes of at least 4 members (excludes halogenated alkanes) is 1. The fourth-order valence-electron chi connectivity index (χ4n) is 4.63. The molecule has 208 valence electrons. The molecule has 0 saturated carbocycles. The summed E-state index contributed by atoms with van der Waals surface area (Å²) in [6.07, 6.45) is 11.2. The number of esters is 1. The van der Waals surface area contributed by atoms with Crippen LogP contribution in [0, 0.1) is 24.2 Å². The minimum absolute atomic E-state index is 0.0556. The lowest BCUT2D eigenvalue weighted by atomic mass is 9.91. The van der Waals surface area contributed by atoms with Crippen LogP contribution in [-0.4, -0.2) is 78.1 Å². The molecule has 2 fully saturated rings. The van der Waals surface area contributed by atoms with Crippen LogP contribution in [0.5, 0.6) is 0 Å². The number of amides is 3. The van der Waals surface area contributed by atoms with Gasteiger partial charge in [0.25, 0.3) is 0 Å². The molecule has 2 atom stereocenters. The van der Waals surface area contributed by atoms with Crippen molar-refractivity contribution in [2.75, 3.05) is 32.8 Å². The van der Waals surface area contributed by atoms with Crippen molar-refractivity contribution in [2.45, 2.75) is 97.1 Å². The molecule has 1 N–H and O–H groups in total. The first-order valence-electron chi connectivity index (χ1n) is 13.7. The number of carbonyl (C=O) groups excluding carboxylic acids is 4. The molecule has 0 aromatic rings. The molecule has 2 aliphatic heterocycles. The highest BCUT2D eigenvalue weighted by Gasteiger charge is 2.31. The Bertz CT molecular complexity index is 823. The average molecular weight is 520 g/mol. The molecule has 9 nitrogen and oxygen atoms in total. The summed E-state index contributed by atoms with van der Waals surface area (Å²) in [7, 11) is 0. The number of piperidine rings is 2. The van der Waals surface area contributed by atoms with Crippen molar-refractivity contribution < 1.29 is 28.7 Å². The molecule has 0 aliphatic carbocycles. The molecular formula is C28H45N3O6. The topological polar surface area (TPSA) is 105 Å². The maximum Gasteiger partial charge on any atom is 0.410 e. The van der Waals surface area contributed by atoms with Gasteiger partial charge in [0.1, 0.15) is 11.6 Å². The third-order valence-corrected chi connectivity index (χ3v) is 6.83. The Hall–Kier alpha value is -2.76.